The first-order valence-corrected chi connectivity index (χ1v) is 12.3. The maximum Gasteiger partial charge on any atom is 0.230 e. The van der Waals surface area contributed by atoms with Crippen LogP contribution in [0.5, 0.6) is 0 Å². The van der Waals surface area contributed by atoms with Crippen molar-refractivity contribution in [1.29, 1.82) is 0 Å². The first-order chi connectivity index (χ1) is 14.4. The number of carbonyl (C=O) groups excluding carboxylic acids is 1. The topological polar surface area (TPSA) is 118 Å². The van der Waals surface area contributed by atoms with E-state index in [-0.39, 0.29) is 11.8 Å². The van der Waals surface area contributed by atoms with E-state index in [1.54, 1.807) is 18.5 Å². The Kier molecular flexibility index (Phi) is 6.14. The van der Waals surface area contributed by atoms with E-state index < -0.39 is 22.0 Å². The SMILES string of the molecule is CS(=O)(=O)N1CCCCCCNC(=O)C2CC(c3nc(-c4cccnc4)no3)CC21. The Balaban J connectivity index is 1.61. The van der Waals surface area contributed by atoms with Gasteiger partial charge in [-0.1, -0.05) is 18.0 Å². The molecule has 3 atom stereocenters. The molecule has 162 valence electrons. The van der Waals surface area contributed by atoms with Crippen LogP contribution in [0, 0.1) is 5.92 Å². The van der Waals surface area contributed by atoms with E-state index in [2.05, 4.69) is 20.4 Å². The maximum atomic E-state index is 12.9. The molecule has 2 fully saturated rings. The summed E-state index contributed by atoms with van der Waals surface area (Å²) < 4.78 is 32.1. The third-order valence-electron chi connectivity index (χ3n) is 5.98. The van der Waals surface area contributed by atoms with Crippen molar-refractivity contribution in [3.8, 4) is 11.4 Å². The lowest BCUT2D eigenvalue weighted by Gasteiger charge is -2.30. The molecular weight excluding hydrogens is 406 g/mol. The lowest BCUT2D eigenvalue weighted by Crippen LogP contribution is -2.46. The summed E-state index contributed by atoms with van der Waals surface area (Å²) in [6, 6.07) is 3.24. The lowest BCUT2D eigenvalue weighted by molar-refractivity contribution is -0.125. The van der Waals surface area contributed by atoms with Crippen molar-refractivity contribution in [1.82, 2.24) is 24.7 Å². The number of hydrogen-bond donors (Lipinski definition) is 1. The van der Waals surface area contributed by atoms with Crippen LogP contribution in [-0.2, 0) is 14.8 Å². The Morgan fingerprint density at radius 1 is 1.20 bits per heavy atom. The Hall–Kier alpha value is -2.33. The Labute approximate surface area is 176 Å². The summed E-state index contributed by atoms with van der Waals surface area (Å²) in [6.07, 6.45) is 9.15. The molecule has 3 unspecified atom stereocenters. The van der Waals surface area contributed by atoms with Gasteiger partial charge in [-0.25, -0.2) is 8.42 Å². The Morgan fingerprint density at radius 3 is 2.80 bits per heavy atom. The van der Waals surface area contributed by atoms with Gasteiger partial charge in [0.2, 0.25) is 27.6 Å². The minimum Gasteiger partial charge on any atom is -0.356 e. The molecule has 2 aromatic heterocycles. The second-order valence-electron chi connectivity index (χ2n) is 8.12. The standard InChI is InChI=1S/C20H27N5O4S/c1-30(27,28)25-10-5-3-2-4-9-22-19(26)16-11-15(12-17(16)25)20-23-18(24-29-20)14-7-6-8-21-13-14/h6-8,13,15-17H,2-5,9-12H2,1H3,(H,22,26). The third kappa shape index (κ3) is 4.54. The minimum atomic E-state index is -3.45. The molecule has 9 nitrogen and oxygen atoms in total. The molecule has 1 saturated carbocycles. The highest BCUT2D eigenvalue weighted by molar-refractivity contribution is 7.88. The molecule has 0 spiro atoms. The van der Waals surface area contributed by atoms with E-state index in [0.717, 1.165) is 31.2 Å². The van der Waals surface area contributed by atoms with Crippen LogP contribution in [0.25, 0.3) is 11.4 Å². The number of nitrogens with zero attached hydrogens (tertiary/aromatic N) is 4. The Morgan fingerprint density at radius 2 is 2.03 bits per heavy atom. The minimum absolute atomic E-state index is 0.0925. The molecule has 0 bridgehead atoms. The predicted octanol–water partition coefficient (Wildman–Crippen LogP) is 1.95. The molecule has 1 aliphatic carbocycles. The zero-order valence-electron chi connectivity index (χ0n) is 17.0. The number of hydrogen-bond acceptors (Lipinski definition) is 7. The van der Waals surface area contributed by atoms with Gasteiger partial charge in [0, 0.05) is 43.0 Å². The summed E-state index contributed by atoms with van der Waals surface area (Å²) in [5.74, 6) is 0.184. The van der Waals surface area contributed by atoms with E-state index in [1.807, 2.05) is 6.07 Å². The molecule has 1 amide bonds. The van der Waals surface area contributed by atoms with Gasteiger partial charge in [-0.2, -0.15) is 9.29 Å². The third-order valence-corrected chi connectivity index (χ3v) is 7.28. The summed E-state index contributed by atoms with van der Waals surface area (Å²) >= 11 is 0. The number of sulfonamides is 1. The van der Waals surface area contributed by atoms with Gasteiger partial charge in [0.25, 0.3) is 0 Å². The molecule has 1 N–H and O–H groups in total. The van der Waals surface area contributed by atoms with Crippen LogP contribution < -0.4 is 5.32 Å². The maximum absolute atomic E-state index is 12.9. The van der Waals surface area contributed by atoms with Gasteiger partial charge in [0.05, 0.1) is 12.2 Å². The van der Waals surface area contributed by atoms with Crippen LogP contribution in [0.3, 0.4) is 0 Å². The lowest BCUT2D eigenvalue weighted by atomic mass is 10.0. The van der Waals surface area contributed by atoms with Gasteiger partial charge >= 0.3 is 0 Å². The summed E-state index contributed by atoms with van der Waals surface area (Å²) in [4.78, 5) is 21.5. The van der Waals surface area contributed by atoms with Crippen LogP contribution in [0.2, 0.25) is 0 Å². The quantitative estimate of drug-likeness (QED) is 0.786. The van der Waals surface area contributed by atoms with E-state index in [1.165, 1.54) is 10.6 Å². The zero-order chi connectivity index (χ0) is 21.1. The normalized spacial score (nSPS) is 26.6. The molecule has 0 aromatic carbocycles. The van der Waals surface area contributed by atoms with Gasteiger partial charge in [-0.3, -0.25) is 9.78 Å². The smallest absolute Gasteiger partial charge is 0.230 e. The van der Waals surface area contributed by atoms with E-state index in [9.17, 15) is 13.2 Å². The highest BCUT2D eigenvalue weighted by Gasteiger charge is 2.46. The highest BCUT2D eigenvalue weighted by atomic mass is 32.2. The van der Waals surface area contributed by atoms with Crippen LogP contribution in [-0.4, -0.2) is 59.1 Å². The molecule has 4 rings (SSSR count). The van der Waals surface area contributed by atoms with Crippen LogP contribution >= 0.6 is 0 Å². The first-order valence-electron chi connectivity index (χ1n) is 10.4. The van der Waals surface area contributed by atoms with Crippen molar-refractivity contribution >= 4 is 15.9 Å². The fourth-order valence-electron chi connectivity index (χ4n) is 4.50. The molecule has 3 heterocycles. The summed E-state index contributed by atoms with van der Waals surface area (Å²) in [5, 5.41) is 7.05. The molecule has 0 radical (unpaired) electrons. The van der Waals surface area contributed by atoms with Gasteiger partial charge in [0.15, 0.2) is 0 Å². The number of fused-ring (bicyclic) bond motifs is 1. The predicted molar refractivity (Wildman–Crippen MR) is 110 cm³/mol. The van der Waals surface area contributed by atoms with E-state index >= 15 is 0 Å². The highest BCUT2D eigenvalue weighted by Crippen LogP contribution is 2.42. The van der Waals surface area contributed by atoms with E-state index in [0.29, 0.717) is 37.6 Å². The van der Waals surface area contributed by atoms with Gasteiger partial charge in [-0.05, 0) is 37.8 Å². The monoisotopic (exact) mass is 433 g/mol. The average Bonchev–Trinajstić information content (AvgIpc) is 3.36. The summed E-state index contributed by atoms with van der Waals surface area (Å²) in [6.45, 7) is 1.06. The number of amides is 1. The van der Waals surface area contributed by atoms with Gasteiger partial charge < -0.3 is 9.84 Å². The molecular formula is C20H27N5O4S. The fraction of sp³-hybridized carbons (Fsp3) is 0.600. The van der Waals surface area contributed by atoms with Crippen LogP contribution in [0.15, 0.2) is 29.0 Å². The molecule has 2 aliphatic rings. The average molecular weight is 434 g/mol. The summed E-state index contributed by atoms with van der Waals surface area (Å²) in [5.41, 5.74) is 0.747. The molecule has 1 aliphatic heterocycles. The number of pyridine rings is 1. The fourth-order valence-corrected chi connectivity index (χ4v) is 5.68. The van der Waals surface area contributed by atoms with Gasteiger partial charge in [0.1, 0.15) is 0 Å². The largest absolute Gasteiger partial charge is 0.356 e. The van der Waals surface area contributed by atoms with Gasteiger partial charge in [-0.15, -0.1) is 0 Å². The molecule has 30 heavy (non-hydrogen) atoms. The van der Waals surface area contributed by atoms with Crippen LogP contribution in [0.4, 0.5) is 0 Å². The number of rotatable bonds is 3. The van der Waals surface area contributed by atoms with Crippen molar-refractivity contribution in [3.63, 3.8) is 0 Å². The first kappa shape index (κ1) is 20.9. The van der Waals surface area contributed by atoms with Crippen molar-refractivity contribution in [3.05, 3.63) is 30.4 Å². The number of nitrogens with one attached hydrogen (secondary N) is 1. The molecule has 1 saturated heterocycles. The summed E-state index contributed by atoms with van der Waals surface area (Å²) in [7, 11) is -3.45. The number of aromatic nitrogens is 3. The van der Waals surface area contributed by atoms with E-state index in [4.69, 9.17) is 4.52 Å². The van der Waals surface area contributed by atoms with Crippen molar-refractivity contribution in [2.24, 2.45) is 5.92 Å². The second-order valence-corrected chi connectivity index (χ2v) is 10.1. The zero-order valence-corrected chi connectivity index (χ0v) is 17.8. The van der Waals surface area contributed by atoms with Crippen molar-refractivity contribution < 1.29 is 17.7 Å². The van der Waals surface area contributed by atoms with Crippen molar-refractivity contribution in [2.45, 2.75) is 50.5 Å². The number of carbonyl (C=O) groups is 1. The molecule has 10 heteroatoms. The van der Waals surface area contributed by atoms with Crippen LogP contribution in [0.1, 0.15) is 50.3 Å². The van der Waals surface area contributed by atoms with Crippen molar-refractivity contribution in [2.75, 3.05) is 19.3 Å². The molecule has 2 aromatic rings. The Bertz CT molecular complexity index is 978. The second kappa shape index (κ2) is 8.81.